The number of nitrogens with zero attached hydrogens (tertiary/aromatic N) is 2. The van der Waals surface area contributed by atoms with Gasteiger partial charge in [-0.25, -0.2) is 4.98 Å². The third kappa shape index (κ3) is 3.83. The van der Waals surface area contributed by atoms with Crippen molar-refractivity contribution < 1.29 is 0 Å². The second-order valence-electron chi connectivity index (χ2n) is 3.31. The van der Waals surface area contributed by atoms with Crippen LogP contribution in [0.5, 0.6) is 0 Å². The summed E-state index contributed by atoms with van der Waals surface area (Å²) in [5.41, 5.74) is 6.92. The summed E-state index contributed by atoms with van der Waals surface area (Å²) >= 11 is 1.91. The SMILES string of the molecule is CC(N)CCSCc1cncn1C. The van der Waals surface area contributed by atoms with Gasteiger partial charge in [0.25, 0.3) is 0 Å². The van der Waals surface area contributed by atoms with Gasteiger partial charge in [-0.3, -0.25) is 0 Å². The Morgan fingerprint density at radius 1 is 1.69 bits per heavy atom. The topological polar surface area (TPSA) is 43.8 Å². The van der Waals surface area contributed by atoms with E-state index in [4.69, 9.17) is 5.73 Å². The van der Waals surface area contributed by atoms with E-state index in [1.165, 1.54) is 5.69 Å². The van der Waals surface area contributed by atoms with E-state index in [1.807, 2.05) is 38.3 Å². The van der Waals surface area contributed by atoms with Gasteiger partial charge in [-0.15, -0.1) is 0 Å². The smallest absolute Gasteiger partial charge is 0.0945 e. The Kier molecular flexibility index (Phi) is 4.32. The first-order chi connectivity index (χ1) is 6.20. The maximum Gasteiger partial charge on any atom is 0.0945 e. The van der Waals surface area contributed by atoms with Crippen molar-refractivity contribution in [2.24, 2.45) is 12.8 Å². The lowest BCUT2D eigenvalue weighted by atomic mass is 10.3. The number of hydrogen-bond donors (Lipinski definition) is 1. The van der Waals surface area contributed by atoms with Crippen LogP contribution in [0.1, 0.15) is 19.0 Å². The number of thioether (sulfide) groups is 1. The van der Waals surface area contributed by atoms with Gasteiger partial charge in [0.15, 0.2) is 0 Å². The number of aromatic nitrogens is 2. The molecule has 74 valence electrons. The van der Waals surface area contributed by atoms with Gasteiger partial charge in [-0.1, -0.05) is 0 Å². The summed E-state index contributed by atoms with van der Waals surface area (Å²) in [6.45, 7) is 2.05. The summed E-state index contributed by atoms with van der Waals surface area (Å²) in [5, 5.41) is 0. The summed E-state index contributed by atoms with van der Waals surface area (Å²) in [6.07, 6.45) is 4.84. The Morgan fingerprint density at radius 2 is 2.46 bits per heavy atom. The molecule has 3 nitrogen and oxygen atoms in total. The van der Waals surface area contributed by atoms with E-state index < -0.39 is 0 Å². The fourth-order valence-corrected chi connectivity index (χ4v) is 2.14. The highest BCUT2D eigenvalue weighted by atomic mass is 32.2. The molecule has 0 aliphatic heterocycles. The zero-order valence-electron chi connectivity index (χ0n) is 8.23. The van der Waals surface area contributed by atoms with Crippen LogP contribution in [0.2, 0.25) is 0 Å². The predicted octanol–water partition coefficient (Wildman–Crippen LogP) is 1.39. The minimum Gasteiger partial charge on any atom is -0.337 e. The van der Waals surface area contributed by atoms with E-state index in [-0.39, 0.29) is 0 Å². The van der Waals surface area contributed by atoms with Crippen molar-refractivity contribution >= 4 is 11.8 Å². The van der Waals surface area contributed by atoms with Crippen LogP contribution in [0.4, 0.5) is 0 Å². The first kappa shape index (κ1) is 10.6. The molecule has 0 radical (unpaired) electrons. The van der Waals surface area contributed by atoms with E-state index in [0.29, 0.717) is 6.04 Å². The van der Waals surface area contributed by atoms with Gasteiger partial charge in [-0.2, -0.15) is 11.8 Å². The maximum atomic E-state index is 5.65. The summed E-state index contributed by atoms with van der Waals surface area (Å²) in [5.74, 6) is 2.16. The molecule has 2 N–H and O–H groups in total. The Bertz CT molecular complexity index is 245. The van der Waals surface area contributed by atoms with Crippen molar-refractivity contribution in [2.75, 3.05) is 5.75 Å². The molecule has 0 aromatic carbocycles. The van der Waals surface area contributed by atoms with E-state index in [2.05, 4.69) is 9.55 Å². The standard InChI is InChI=1S/C9H17N3S/c1-8(10)3-4-13-6-9-5-11-7-12(9)2/h5,7-8H,3-4,6,10H2,1-2H3. The van der Waals surface area contributed by atoms with Gasteiger partial charge >= 0.3 is 0 Å². The number of hydrogen-bond acceptors (Lipinski definition) is 3. The fraction of sp³-hybridized carbons (Fsp3) is 0.667. The molecule has 0 fully saturated rings. The van der Waals surface area contributed by atoms with Gasteiger partial charge in [0.05, 0.1) is 6.33 Å². The molecule has 4 heteroatoms. The predicted molar refractivity (Wildman–Crippen MR) is 57.6 cm³/mol. The van der Waals surface area contributed by atoms with Crippen LogP contribution >= 0.6 is 11.8 Å². The molecule has 1 aromatic heterocycles. The van der Waals surface area contributed by atoms with Gasteiger partial charge in [0.2, 0.25) is 0 Å². The number of rotatable bonds is 5. The first-order valence-corrected chi connectivity index (χ1v) is 5.64. The van der Waals surface area contributed by atoms with Crippen molar-refractivity contribution in [2.45, 2.75) is 25.1 Å². The molecule has 0 bridgehead atoms. The molecule has 0 amide bonds. The largest absolute Gasteiger partial charge is 0.337 e. The molecule has 1 aromatic rings. The summed E-state index contributed by atoms with van der Waals surface area (Å²) in [4.78, 5) is 4.06. The molecule has 13 heavy (non-hydrogen) atoms. The molecular formula is C9H17N3S. The molecule has 0 aliphatic rings. The van der Waals surface area contributed by atoms with Crippen LogP contribution < -0.4 is 5.73 Å². The second kappa shape index (κ2) is 5.29. The normalized spacial score (nSPS) is 13.2. The Hall–Kier alpha value is -0.480. The molecule has 1 atom stereocenters. The van der Waals surface area contributed by atoms with E-state index in [0.717, 1.165) is 17.9 Å². The van der Waals surface area contributed by atoms with Crippen molar-refractivity contribution in [3.8, 4) is 0 Å². The number of imidazole rings is 1. The van der Waals surface area contributed by atoms with Crippen molar-refractivity contribution in [3.63, 3.8) is 0 Å². The van der Waals surface area contributed by atoms with E-state index >= 15 is 0 Å². The van der Waals surface area contributed by atoms with Crippen LogP contribution in [-0.4, -0.2) is 21.3 Å². The minimum absolute atomic E-state index is 0.319. The van der Waals surface area contributed by atoms with Crippen LogP contribution in [-0.2, 0) is 12.8 Å². The Balaban J connectivity index is 2.17. The molecule has 1 heterocycles. The highest BCUT2D eigenvalue weighted by Crippen LogP contribution is 2.12. The lowest BCUT2D eigenvalue weighted by molar-refractivity contribution is 0.721. The minimum atomic E-state index is 0.319. The van der Waals surface area contributed by atoms with Crippen LogP contribution in [0.15, 0.2) is 12.5 Å². The zero-order chi connectivity index (χ0) is 9.68. The van der Waals surface area contributed by atoms with Crippen LogP contribution in [0, 0.1) is 0 Å². The molecule has 0 saturated heterocycles. The fourth-order valence-electron chi connectivity index (χ4n) is 0.970. The molecule has 0 saturated carbocycles. The Labute approximate surface area is 83.7 Å². The van der Waals surface area contributed by atoms with Crippen molar-refractivity contribution in [1.29, 1.82) is 0 Å². The van der Waals surface area contributed by atoms with Gasteiger partial charge in [-0.05, 0) is 19.1 Å². The van der Waals surface area contributed by atoms with Crippen LogP contribution in [0.25, 0.3) is 0 Å². The van der Waals surface area contributed by atoms with E-state index in [1.54, 1.807) is 0 Å². The van der Waals surface area contributed by atoms with Crippen molar-refractivity contribution in [3.05, 3.63) is 18.2 Å². The zero-order valence-corrected chi connectivity index (χ0v) is 9.05. The van der Waals surface area contributed by atoms with Crippen molar-refractivity contribution in [1.82, 2.24) is 9.55 Å². The molecule has 0 spiro atoms. The third-order valence-corrected chi connectivity index (χ3v) is 2.91. The maximum absolute atomic E-state index is 5.65. The number of nitrogens with two attached hydrogens (primary N) is 1. The second-order valence-corrected chi connectivity index (χ2v) is 4.42. The molecule has 0 aliphatic carbocycles. The van der Waals surface area contributed by atoms with Crippen LogP contribution in [0.3, 0.4) is 0 Å². The summed E-state index contributed by atoms with van der Waals surface area (Å²) in [7, 11) is 2.02. The lowest BCUT2D eigenvalue weighted by Gasteiger charge is -2.04. The molecule has 1 unspecified atom stereocenters. The monoisotopic (exact) mass is 199 g/mol. The van der Waals surface area contributed by atoms with E-state index in [9.17, 15) is 0 Å². The average Bonchev–Trinajstić information content (AvgIpc) is 2.45. The Morgan fingerprint density at radius 3 is 3.00 bits per heavy atom. The first-order valence-electron chi connectivity index (χ1n) is 4.48. The molecule has 1 rings (SSSR count). The van der Waals surface area contributed by atoms with Gasteiger partial charge in [0, 0.05) is 30.7 Å². The van der Waals surface area contributed by atoms with Gasteiger partial charge in [0.1, 0.15) is 0 Å². The molecular weight excluding hydrogens is 182 g/mol. The third-order valence-electron chi connectivity index (χ3n) is 1.88. The summed E-state index contributed by atoms with van der Waals surface area (Å²) < 4.78 is 2.05. The highest BCUT2D eigenvalue weighted by molar-refractivity contribution is 7.98. The lowest BCUT2D eigenvalue weighted by Crippen LogP contribution is -2.15. The number of aryl methyl sites for hydroxylation is 1. The van der Waals surface area contributed by atoms with Gasteiger partial charge < -0.3 is 10.3 Å². The average molecular weight is 199 g/mol. The highest BCUT2D eigenvalue weighted by Gasteiger charge is 1.99. The quantitative estimate of drug-likeness (QED) is 0.729. The summed E-state index contributed by atoms with van der Waals surface area (Å²) in [6, 6.07) is 0.319.